The fourth-order valence-corrected chi connectivity index (χ4v) is 23.3. The quantitative estimate of drug-likeness (QED) is 0.0215. The number of hydrogen-bond acceptors (Lipinski definition) is 49. The summed E-state index contributed by atoms with van der Waals surface area (Å²) in [5.41, 5.74) is 3.81. The lowest BCUT2D eigenvalue weighted by molar-refractivity contribution is -0.395. The van der Waals surface area contributed by atoms with Gasteiger partial charge in [-0.15, -0.1) is 0 Å². The largest absolute Gasteiger partial charge is 0.387 e. The van der Waals surface area contributed by atoms with Crippen LogP contribution < -0.4 is 0 Å². The van der Waals surface area contributed by atoms with E-state index in [4.69, 9.17) is 95.6 Å². The second-order valence-corrected chi connectivity index (χ2v) is 47.5. The first-order chi connectivity index (χ1) is 69.2. The lowest BCUT2D eigenvalue weighted by Gasteiger charge is -2.50. The van der Waals surface area contributed by atoms with Gasteiger partial charge in [-0.25, -0.2) is 0 Å². The monoisotopic (exact) mass is 2210 g/mol. The average molecular weight is 2210 g/mol. The highest BCUT2D eigenvalue weighted by atomic mass is 32.2. The first-order valence-electron chi connectivity index (χ1n) is 45.6. The summed E-state index contributed by atoms with van der Waals surface area (Å²) in [5, 5.41) is 176. The Morgan fingerprint density at radius 2 is 0.259 bits per heavy atom. The number of ether oxygens (including phenoxy) is 14. The molecule has 0 radical (unpaired) electrons. The van der Waals surface area contributed by atoms with E-state index in [0.717, 1.165) is 84.9 Å². The standard InChI is InChI=1S/C91H112O49S7/c1-43-8-22-50(23-9-43)141(106,107)120-36-57-78-64(92)71(99)85(127-57)135-79-58(37-121-142(108,109)51-24-10-44(2)11-25-51)129-87(73(101)66(79)94)137-81-60(39-123-144(112,113)53-28-14-46(4)15-29-53)131-89(75(103)68(81)96)139-83-62(41-125-146(116,117)55-32-18-48(6)19-33-55)133-91(77(105)70(83)98)140-84-63(42-126-147(118,119)56-34-20-49(7)21-35-56)132-90(76(104)69(84)97)138-82-61(40-124-145(114,115)54-30-16-47(5)17-31-54)130-88(74(102)67(82)95)136-80-59(128-86(134-78)72(100)65(80)93)38-122-143(110,111)52-26-12-45(3)13-27-52/h8-35,57-105H,36-42H2,1-7H3/t57-,58-,59-,60-,61+,62+,63+,64+,65+,66+,67+,68+,69+,70-,71+,72+,73+,74+,75+,76-,77-,78+,79+,80+,81+,82+,83+,84+,85+,86+,87+,88+,89+,90+,91+/m0/s1. The molecule has 0 saturated carbocycles. The van der Waals surface area contributed by atoms with Gasteiger partial charge in [-0.2, -0.15) is 58.9 Å². The van der Waals surface area contributed by atoms with Gasteiger partial charge in [0.05, 0.1) is 80.5 Å². The van der Waals surface area contributed by atoms with Gasteiger partial charge in [0, 0.05) is 0 Å². The fraction of sp³-hybridized carbons (Fsp3) is 0.538. The second-order valence-electron chi connectivity index (χ2n) is 36.2. The van der Waals surface area contributed by atoms with Crippen LogP contribution in [0.15, 0.2) is 204 Å². The van der Waals surface area contributed by atoms with E-state index in [-0.39, 0.29) is 0 Å². The molecule has 0 aliphatic carbocycles. The van der Waals surface area contributed by atoms with Crippen molar-refractivity contribution in [1.29, 1.82) is 0 Å². The maximum Gasteiger partial charge on any atom is 0.297 e. The van der Waals surface area contributed by atoms with Crippen LogP contribution in [0.25, 0.3) is 0 Å². The molecule has 21 fully saturated rings. The molecule has 21 heterocycles. The maximum absolute atomic E-state index is 14.3. The molecule has 49 nitrogen and oxygen atoms in total. The van der Waals surface area contributed by atoms with Crippen LogP contribution in [0.4, 0.5) is 0 Å². The Balaban J connectivity index is 0.853. The van der Waals surface area contributed by atoms with Crippen molar-refractivity contribution >= 4 is 70.8 Å². The van der Waals surface area contributed by atoms with Crippen molar-refractivity contribution in [2.24, 2.45) is 0 Å². The molecular formula is C91H112O49S7. The molecule has 0 spiro atoms. The summed E-state index contributed by atoms with van der Waals surface area (Å²) in [4.78, 5) is -3.70. The number of aliphatic hydroxyl groups excluding tert-OH is 14. The molecule has 14 N–H and O–H groups in total. The predicted octanol–water partition coefficient (Wildman–Crippen LogP) is -3.18. The molecule has 0 amide bonds. The summed E-state index contributed by atoms with van der Waals surface area (Å²) >= 11 is 0. The minimum atomic E-state index is -5.03. The molecule has 812 valence electrons. The van der Waals surface area contributed by atoms with Gasteiger partial charge < -0.3 is 138 Å². The van der Waals surface area contributed by atoms with E-state index in [9.17, 15) is 130 Å². The lowest BCUT2D eigenvalue weighted by Crippen LogP contribution is -2.68. The van der Waals surface area contributed by atoms with Crippen LogP contribution in [0.3, 0.4) is 0 Å². The highest BCUT2D eigenvalue weighted by molar-refractivity contribution is 7.88. The normalized spacial score (nSPS) is 35.3. The van der Waals surface area contributed by atoms with Gasteiger partial charge in [-0.1, -0.05) is 124 Å². The minimum Gasteiger partial charge on any atom is -0.387 e. The third kappa shape index (κ3) is 26.2. The zero-order valence-corrected chi connectivity index (χ0v) is 84.4. The molecule has 56 heteroatoms. The van der Waals surface area contributed by atoms with E-state index in [0.29, 0.717) is 38.9 Å². The third-order valence-electron chi connectivity index (χ3n) is 25.4. The predicted molar refractivity (Wildman–Crippen MR) is 489 cm³/mol. The zero-order chi connectivity index (χ0) is 106. The van der Waals surface area contributed by atoms with E-state index in [2.05, 4.69) is 0 Å². The molecule has 7 aromatic rings. The SMILES string of the molecule is Cc1ccc(S(=O)(=O)OC[C@@H]2O[C@@H]3O[C@H]4[C@H](O)[C@@H](O)[C@@H](O[C@H]5[C@@H](O)[C@H](O)[C@@H](O[C@H]6[C@H](O)[C@H](O)[C@@H](O[C@H]7[C@H](O)[C@@H](O)[C@@H](O[C@H]8[C@H](O)[C@@H](O)[C@@H](O[C@H]9[C@H](O)[C@@H](O)[C@@H](O[C@H]2[C@H](O)[C@H]3O)O[C@H]9COS(=O)(=O)c2ccc(C)cc2)O[C@H]8COS(=O)(=O)c2ccc(C)cc2)O[C@@H]7COS(=O)(=O)c2ccc(C)cc2)O[C@@H]6COS(=O)(=O)c2ccc(C)cc2)O[C@@H]5COS(=O)(=O)c2ccc(C)cc2)O[C@H]4COS(=O)(=O)c2ccc(C)cc2)cc1. The molecule has 28 rings (SSSR count). The number of aliphatic hydroxyl groups is 14. The molecule has 0 unspecified atom stereocenters. The van der Waals surface area contributed by atoms with Crippen LogP contribution in [0, 0.1) is 48.5 Å². The van der Waals surface area contributed by atoms with Gasteiger partial charge in [0.1, 0.15) is 171 Å². The van der Waals surface area contributed by atoms with Gasteiger partial charge in [0.25, 0.3) is 70.8 Å². The first kappa shape index (κ1) is 114. The zero-order valence-electron chi connectivity index (χ0n) is 78.7. The Bertz CT molecular complexity index is 5380. The topological polar surface area (TPSA) is 716 Å². The van der Waals surface area contributed by atoms with Crippen LogP contribution in [0.2, 0.25) is 0 Å². The van der Waals surface area contributed by atoms with Gasteiger partial charge in [-0.3, -0.25) is 29.3 Å². The molecule has 35 atom stereocenters. The van der Waals surface area contributed by atoms with Crippen molar-refractivity contribution in [3.05, 3.63) is 209 Å². The van der Waals surface area contributed by atoms with Crippen molar-refractivity contribution in [2.45, 2.75) is 298 Å². The summed E-state index contributed by atoms with van der Waals surface area (Å²) in [7, 11) is -35.2. The molecule has 21 saturated heterocycles. The summed E-state index contributed by atoms with van der Waals surface area (Å²) in [6.07, 6.45) is -89.2. The molecule has 7 aromatic carbocycles. The van der Waals surface area contributed by atoms with Crippen molar-refractivity contribution in [3.63, 3.8) is 0 Å². The van der Waals surface area contributed by atoms with Crippen LogP contribution in [0.5, 0.6) is 0 Å². The van der Waals surface area contributed by atoms with Crippen LogP contribution in [-0.4, -0.2) is 392 Å². The highest BCUT2D eigenvalue weighted by Crippen LogP contribution is 2.43. The number of benzene rings is 7. The molecule has 0 aromatic heterocycles. The van der Waals surface area contributed by atoms with Gasteiger partial charge >= 0.3 is 0 Å². The molecular weight excluding hydrogens is 2100 g/mol. The third-order valence-corrected chi connectivity index (χ3v) is 34.5. The number of rotatable bonds is 28. The van der Waals surface area contributed by atoms with E-state index in [1.165, 1.54) is 84.9 Å². The Morgan fingerprint density at radius 3 is 0.354 bits per heavy atom. The average Bonchev–Trinajstić information content (AvgIpc) is 0.903. The second kappa shape index (κ2) is 46.6. The Labute approximate surface area is 844 Å². The maximum atomic E-state index is 14.3. The molecule has 21 aliphatic rings. The number of hydrogen-bond donors (Lipinski definition) is 14. The first-order valence-corrected chi connectivity index (χ1v) is 55.5. The van der Waals surface area contributed by atoms with E-state index < -0.39 is 366 Å². The molecule has 14 bridgehead atoms. The van der Waals surface area contributed by atoms with Crippen molar-refractivity contribution in [1.82, 2.24) is 0 Å². The van der Waals surface area contributed by atoms with Gasteiger partial charge in [-0.05, 0) is 133 Å². The Kier molecular flexibility index (Phi) is 36.1. The minimum absolute atomic E-state index is 0.528. The summed E-state index contributed by atoms with van der Waals surface area (Å²) in [6, 6.07) is 34.6. The summed E-state index contributed by atoms with van der Waals surface area (Å²) in [5.74, 6) is 0. The summed E-state index contributed by atoms with van der Waals surface area (Å²) in [6.45, 7) is 1.46. The number of aryl methyl sites for hydroxylation is 7. The van der Waals surface area contributed by atoms with Crippen molar-refractivity contribution in [3.8, 4) is 0 Å². The van der Waals surface area contributed by atoms with Crippen LogP contribution >= 0.6 is 0 Å². The fourth-order valence-electron chi connectivity index (χ4n) is 16.8. The van der Waals surface area contributed by atoms with E-state index in [1.54, 1.807) is 48.5 Å². The highest BCUT2D eigenvalue weighted by Gasteiger charge is 2.62. The Morgan fingerprint density at radius 1 is 0.163 bits per heavy atom. The van der Waals surface area contributed by atoms with Crippen LogP contribution in [0.1, 0.15) is 38.9 Å². The molecule has 147 heavy (non-hydrogen) atoms. The lowest BCUT2D eigenvalue weighted by atomic mass is 9.95. The smallest absolute Gasteiger partial charge is 0.297 e. The molecule has 21 aliphatic heterocycles. The van der Waals surface area contributed by atoms with Gasteiger partial charge in [0.2, 0.25) is 0 Å². The van der Waals surface area contributed by atoms with Crippen LogP contribution in [-0.2, 0) is 166 Å². The summed E-state index contributed by atoms with van der Waals surface area (Å²) < 4.78 is 325. The van der Waals surface area contributed by atoms with E-state index in [1.807, 2.05) is 0 Å². The van der Waals surface area contributed by atoms with E-state index >= 15 is 0 Å². The Hall–Kier alpha value is -7.21. The van der Waals surface area contributed by atoms with Crippen molar-refractivity contribution in [2.75, 3.05) is 46.2 Å². The van der Waals surface area contributed by atoms with Gasteiger partial charge in [0.15, 0.2) is 44.0 Å². The van der Waals surface area contributed by atoms with Crippen molar-refractivity contribution < 1.29 is 226 Å².